The van der Waals surface area contributed by atoms with Crippen molar-refractivity contribution in [2.24, 2.45) is 5.92 Å². The van der Waals surface area contributed by atoms with E-state index >= 15 is 0 Å². The Morgan fingerprint density at radius 2 is 2.07 bits per heavy atom. The van der Waals surface area contributed by atoms with Crippen molar-refractivity contribution in [2.45, 2.75) is 44.8 Å². The van der Waals surface area contributed by atoms with Crippen molar-refractivity contribution in [3.8, 4) is 0 Å². The summed E-state index contributed by atoms with van der Waals surface area (Å²) in [5, 5.41) is 9.02. The average molecular weight is 403 g/mol. The first-order valence-electron chi connectivity index (χ1n) is 10.2. The summed E-state index contributed by atoms with van der Waals surface area (Å²) >= 11 is 0. The Hall–Kier alpha value is -2.25. The highest BCUT2D eigenvalue weighted by Gasteiger charge is 2.44. The molecule has 0 saturated carbocycles. The zero-order chi connectivity index (χ0) is 21.1. The first-order chi connectivity index (χ1) is 13.8. The molecule has 29 heavy (non-hydrogen) atoms. The number of hydrogen-bond acceptors (Lipinski definition) is 4. The molecule has 2 aliphatic heterocycles. The van der Waals surface area contributed by atoms with Gasteiger partial charge >= 0.3 is 0 Å². The predicted octanol–water partition coefficient (Wildman–Crippen LogP) is 2.59. The van der Waals surface area contributed by atoms with Crippen molar-refractivity contribution >= 4 is 17.4 Å². The molecular weight excluding hydrogens is 373 g/mol. The van der Waals surface area contributed by atoms with E-state index < -0.39 is 24.0 Å². The molecule has 0 aromatic heterocycles. The molecular formula is C22H30FN3O3. The lowest BCUT2D eigenvalue weighted by atomic mass is 9.86. The quantitative estimate of drug-likeness (QED) is 0.599. The van der Waals surface area contributed by atoms with E-state index in [1.807, 2.05) is 0 Å². The largest absolute Gasteiger partial charge is 0.337 e. The van der Waals surface area contributed by atoms with Gasteiger partial charge in [0.15, 0.2) is 0 Å². The normalized spacial score (nSPS) is 25.7. The molecule has 2 N–H and O–H groups in total. The van der Waals surface area contributed by atoms with Crippen LogP contribution in [-0.2, 0) is 9.59 Å². The Balaban J connectivity index is 1.74. The highest BCUT2D eigenvalue weighted by Crippen LogP contribution is 2.29. The first-order valence-corrected chi connectivity index (χ1v) is 10.2. The van der Waals surface area contributed by atoms with E-state index in [4.69, 9.17) is 5.21 Å². The first kappa shape index (κ1) is 21.5. The van der Waals surface area contributed by atoms with E-state index in [9.17, 15) is 14.0 Å². The zero-order valence-corrected chi connectivity index (χ0v) is 17.3. The van der Waals surface area contributed by atoms with Crippen molar-refractivity contribution in [3.05, 3.63) is 41.5 Å². The summed E-state index contributed by atoms with van der Waals surface area (Å²) in [5.74, 6) is -1.36. The van der Waals surface area contributed by atoms with Crippen LogP contribution in [0.4, 0.5) is 4.39 Å². The van der Waals surface area contributed by atoms with Gasteiger partial charge in [0.2, 0.25) is 11.8 Å². The summed E-state index contributed by atoms with van der Waals surface area (Å²) < 4.78 is 14.0. The Morgan fingerprint density at radius 3 is 2.69 bits per heavy atom. The number of likely N-dealkylation sites (tertiary alicyclic amines) is 1. The molecule has 2 aliphatic rings. The van der Waals surface area contributed by atoms with Gasteiger partial charge in [0, 0.05) is 19.6 Å². The third kappa shape index (κ3) is 4.67. The lowest BCUT2D eigenvalue weighted by molar-refractivity contribution is -0.150. The van der Waals surface area contributed by atoms with Crippen molar-refractivity contribution in [2.75, 3.05) is 26.7 Å². The smallest absolute Gasteiger partial charge is 0.248 e. The van der Waals surface area contributed by atoms with Crippen molar-refractivity contribution in [1.29, 1.82) is 0 Å². The molecule has 2 heterocycles. The summed E-state index contributed by atoms with van der Waals surface area (Å²) in [4.78, 5) is 28.5. The van der Waals surface area contributed by atoms with Gasteiger partial charge < -0.3 is 4.90 Å². The van der Waals surface area contributed by atoms with Gasteiger partial charge in [-0.05, 0) is 42.5 Å². The molecule has 0 bridgehead atoms. The van der Waals surface area contributed by atoms with E-state index in [2.05, 4.69) is 44.2 Å². The number of rotatable bonds is 4. The second-order valence-electron chi connectivity index (χ2n) is 8.34. The van der Waals surface area contributed by atoms with Crippen LogP contribution in [0.1, 0.15) is 43.7 Å². The standard InChI is InChI=1S/C22H30FN3O3/c1-14(2)16-5-4-6-17(11-16)15-7-9-26(10-8-15)22(28)20-19(21(27)24-29)12-18(23)13-25(20)3/h4-7,11,14,18-20,29H,8-10,12-13H2,1-3H3,(H,24,27)/t18-,19+,20+/m1/s1. The maximum absolute atomic E-state index is 14.0. The van der Waals surface area contributed by atoms with Gasteiger partial charge in [0.1, 0.15) is 12.2 Å². The van der Waals surface area contributed by atoms with Gasteiger partial charge in [-0.1, -0.05) is 44.2 Å². The zero-order valence-electron chi connectivity index (χ0n) is 17.3. The number of carbonyl (C=O) groups excluding carboxylic acids is 2. The summed E-state index contributed by atoms with van der Waals surface area (Å²) in [6.45, 7) is 5.43. The summed E-state index contributed by atoms with van der Waals surface area (Å²) in [6, 6.07) is 7.70. The van der Waals surface area contributed by atoms with Crippen LogP contribution in [0.5, 0.6) is 0 Å². The maximum atomic E-state index is 14.0. The van der Waals surface area contributed by atoms with Crippen molar-refractivity contribution in [1.82, 2.24) is 15.3 Å². The molecule has 7 heteroatoms. The average Bonchev–Trinajstić information content (AvgIpc) is 2.72. The lowest BCUT2D eigenvalue weighted by Gasteiger charge is -2.41. The van der Waals surface area contributed by atoms with Gasteiger partial charge in [0.05, 0.1) is 5.92 Å². The van der Waals surface area contributed by atoms with Gasteiger partial charge in [-0.15, -0.1) is 0 Å². The summed E-state index contributed by atoms with van der Waals surface area (Å²) in [5.41, 5.74) is 5.26. The lowest BCUT2D eigenvalue weighted by Crippen LogP contribution is -2.59. The fourth-order valence-corrected chi connectivity index (χ4v) is 4.32. The summed E-state index contributed by atoms with van der Waals surface area (Å²) in [6.07, 6.45) is 1.52. The molecule has 6 nitrogen and oxygen atoms in total. The highest BCUT2D eigenvalue weighted by molar-refractivity contribution is 5.90. The van der Waals surface area contributed by atoms with Crippen LogP contribution in [0.25, 0.3) is 5.57 Å². The van der Waals surface area contributed by atoms with E-state index in [0.29, 0.717) is 19.0 Å². The van der Waals surface area contributed by atoms with Crippen LogP contribution < -0.4 is 5.48 Å². The Labute approximate surface area is 171 Å². The van der Waals surface area contributed by atoms with Crippen molar-refractivity contribution < 1.29 is 19.2 Å². The Kier molecular flexibility index (Phi) is 6.70. The van der Waals surface area contributed by atoms with Crippen LogP contribution in [0.2, 0.25) is 0 Å². The predicted molar refractivity (Wildman–Crippen MR) is 109 cm³/mol. The van der Waals surface area contributed by atoms with Gasteiger partial charge in [-0.2, -0.15) is 0 Å². The van der Waals surface area contributed by atoms with E-state index in [1.165, 1.54) is 16.7 Å². The minimum Gasteiger partial charge on any atom is -0.337 e. The fourth-order valence-electron chi connectivity index (χ4n) is 4.32. The SMILES string of the molecule is CC(C)c1cccc(C2=CCN(C(=O)[C@@H]3[C@@H](C(=O)NO)C[C@@H](F)CN3C)CC2)c1. The number of amides is 2. The number of alkyl halides is 1. The number of benzene rings is 1. The molecule has 1 fully saturated rings. The molecule has 3 atom stereocenters. The molecule has 1 saturated heterocycles. The molecule has 3 rings (SSSR count). The second-order valence-corrected chi connectivity index (χ2v) is 8.34. The van der Waals surface area contributed by atoms with Crippen LogP contribution in [0.3, 0.4) is 0 Å². The number of carbonyl (C=O) groups is 2. The molecule has 2 amide bonds. The Bertz CT molecular complexity index is 795. The van der Waals surface area contributed by atoms with E-state index in [1.54, 1.807) is 22.3 Å². The molecule has 0 spiro atoms. The van der Waals surface area contributed by atoms with Gasteiger partial charge in [0.25, 0.3) is 0 Å². The minimum atomic E-state index is -1.20. The monoisotopic (exact) mass is 403 g/mol. The number of nitrogens with zero attached hydrogens (tertiary/aromatic N) is 2. The number of halogens is 1. The number of likely N-dealkylation sites (N-methyl/N-ethyl adjacent to an activating group) is 1. The topological polar surface area (TPSA) is 72.9 Å². The number of hydroxylamine groups is 1. The minimum absolute atomic E-state index is 0.0654. The third-order valence-corrected chi connectivity index (χ3v) is 6.00. The fraction of sp³-hybridized carbons (Fsp3) is 0.545. The molecule has 0 unspecified atom stereocenters. The van der Waals surface area contributed by atoms with Crippen LogP contribution in [0, 0.1) is 5.92 Å². The number of piperidine rings is 1. The van der Waals surface area contributed by atoms with Crippen LogP contribution in [-0.4, -0.2) is 65.7 Å². The molecule has 0 aliphatic carbocycles. The number of nitrogens with one attached hydrogen (secondary N) is 1. The number of hydrogen-bond donors (Lipinski definition) is 2. The third-order valence-electron chi connectivity index (χ3n) is 6.00. The second kappa shape index (κ2) is 9.05. The molecule has 1 aromatic carbocycles. The molecule has 158 valence electrons. The highest BCUT2D eigenvalue weighted by atomic mass is 19.1. The maximum Gasteiger partial charge on any atom is 0.248 e. The van der Waals surface area contributed by atoms with Gasteiger partial charge in [-0.25, -0.2) is 9.87 Å². The van der Waals surface area contributed by atoms with Crippen molar-refractivity contribution in [3.63, 3.8) is 0 Å². The summed E-state index contributed by atoms with van der Waals surface area (Å²) in [7, 11) is 1.65. The molecule has 0 radical (unpaired) electrons. The van der Waals surface area contributed by atoms with Gasteiger partial charge in [-0.3, -0.25) is 19.7 Å². The Morgan fingerprint density at radius 1 is 1.31 bits per heavy atom. The van der Waals surface area contributed by atoms with Crippen LogP contribution >= 0.6 is 0 Å². The molecule has 1 aromatic rings. The van der Waals surface area contributed by atoms with E-state index in [-0.39, 0.29) is 18.9 Å². The van der Waals surface area contributed by atoms with E-state index in [0.717, 1.165) is 6.42 Å². The van der Waals surface area contributed by atoms with Crippen LogP contribution in [0.15, 0.2) is 30.3 Å².